The van der Waals surface area contributed by atoms with Crippen LogP contribution in [0.3, 0.4) is 0 Å². The molecule has 4 heteroatoms. The van der Waals surface area contributed by atoms with Crippen LogP contribution in [0.15, 0.2) is 24.5 Å². The number of likely N-dealkylation sites (tertiary alicyclic amines) is 1. The van der Waals surface area contributed by atoms with Crippen molar-refractivity contribution in [2.75, 3.05) is 13.6 Å². The van der Waals surface area contributed by atoms with Gasteiger partial charge in [-0.05, 0) is 25.0 Å². The SMILES string of the molecule is C[C@H](NC1CCN(C)C1=O)c1cccnc1. The maximum atomic E-state index is 11.7. The van der Waals surface area contributed by atoms with Gasteiger partial charge in [0.2, 0.25) is 5.91 Å². The van der Waals surface area contributed by atoms with Crippen molar-refractivity contribution in [2.45, 2.75) is 25.4 Å². The number of hydrogen-bond donors (Lipinski definition) is 1. The van der Waals surface area contributed by atoms with E-state index in [2.05, 4.69) is 17.2 Å². The highest BCUT2D eigenvalue weighted by Crippen LogP contribution is 2.15. The second-order valence-corrected chi connectivity index (χ2v) is 4.28. The first kappa shape index (κ1) is 11.1. The number of carbonyl (C=O) groups excluding carboxylic acids is 1. The van der Waals surface area contributed by atoms with Gasteiger partial charge in [-0.3, -0.25) is 15.1 Å². The predicted octanol–water partition coefficient (Wildman–Crippen LogP) is 0.963. The van der Waals surface area contributed by atoms with Crippen LogP contribution in [-0.4, -0.2) is 35.4 Å². The molecule has 0 bridgehead atoms. The van der Waals surface area contributed by atoms with Crippen molar-refractivity contribution in [3.05, 3.63) is 30.1 Å². The van der Waals surface area contributed by atoms with Crippen molar-refractivity contribution < 1.29 is 4.79 Å². The molecule has 0 aromatic carbocycles. The lowest BCUT2D eigenvalue weighted by Gasteiger charge is -2.18. The summed E-state index contributed by atoms with van der Waals surface area (Å²) >= 11 is 0. The quantitative estimate of drug-likeness (QED) is 0.823. The van der Waals surface area contributed by atoms with Gasteiger partial charge < -0.3 is 4.90 Å². The lowest BCUT2D eigenvalue weighted by atomic mass is 10.1. The minimum Gasteiger partial charge on any atom is -0.344 e. The van der Waals surface area contributed by atoms with Gasteiger partial charge in [0, 0.05) is 32.0 Å². The van der Waals surface area contributed by atoms with Gasteiger partial charge in [0.05, 0.1) is 6.04 Å². The maximum Gasteiger partial charge on any atom is 0.239 e. The summed E-state index contributed by atoms with van der Waals surface area (Å²) in [5.41, 5.74) is 1.12. The Labute approximate surface area is 95.7 Å². The number of rotatable bonds is 3. The first-order valence-corrected chi connectivity index (χ1v) is 5.59. The van der Waals surface area contributed by atoms with Gasteiger partial charge in [0.1, 0.15) is 0 Å². The second kappa shape index (κ2) is 4.61. The summed E-state index contributed by atoms with van der Waals surface area (Å²) in [7, 11) is 1.85. The molecule has 1 unspecified atom stereocenters. The van der Waals surface area contributed by atoms with Crippen LogP contribution in [-0.2, 0) is 4.79 Å². The standard InChI is InChI=1S/C12H17N3O/c1-9(10-4-3-6-13-8-10)14-11-5-7-15(2)12(11)16/h3-4,6,8-9,11,14H,5,7H2,1-2H3/t9-,11?/m0/s1. The Morgan fingerprint density at radius 2 is 2.44 bits per heavy atom. The van der Waals surface area contributed by atoms with Crippen LogP contribution in [0.25, 0.3) is 0 Å². The molecule has 2 atom stereocenters. The molecular weight excluding hydrogens is 202 g/mol. The highest BCUT2D eigenvalue weighted by Gasteiger charge is 2.29. The zero-order chi connectivity index (χ0) is 11.5. The van der Waals surface area contributed by atoms with Gasteiger partial charge in [-0.25, -0.2) is 0 Å². The lowest BCUT2D eigenvalue weighted by molar-refractivity contribution is -0.128. The average molecular weight is 219 g/mol. The van der Waals surface area contributed by atoms with Crippen molar-refractivity contribution in [1.29, 1.82) is 0 Å². The van der Waals surface area contributed by atoms with Crippen LogP contribution in [0.2, 0.25) is 0 Å². The van der Waals surface area contributed by atoms with Crippen LogP contribution in [0.5, 0.6) is 0 Å². The van der Waals surface area contributed by atoms with Crippen molar-refractivity contribution in [1.82, 2.24) is 15.2 Å². The summed E-state index contributed by atoms with van der Waals surface area (Å²) in [6.07, 6.45) is 4.48. The summed E-state index contributed by atoms with van der Waals surface area (Å²) in [6.45, 7) is 2.90. The first-order chi connectivity index (χ1) is 7.68. The summed E-state index contributed by atoms with van der Waals surface area (Å²) in [5, 5.41) is 3.34. The Kier molecular flexibility index (Phi) is 3.19. The van der Waals surface area contributed by atoms with E-state index in [0.29, 0.717) is 0 Å². The fourth-order valence-electron chi connectivity index (χ4n) is 2.01. The molecule has 4 nitrogen and oxygen atoms in total. The number of carbonyl (C=O) groups is 1. The van der Waals surface area contributed by atoms with Crippen molar-refractivity contribution >= 4 is 5.91 Å². The Morgan fingerprint density at radius 1 is 1.62 bits per heavy atom. The van der Waals surface area contributed by atoms with Crippen LogP contribution < -0.4 is 5.32 Å². The molecule has 0 radical (unpaired) electrons. The number of aromatic nitrogens is 1. The molecule has 1 fully saturated rings. The Bertz CT molecular complexity index is 366. The molecule has 1 aliphatic rings. The zero-order valence-electron chi connectivity index (χ0n) is 9.68. The van der Waals surface area contributed by atoms with Gasteiger partial charge in [-0.15, -0.1) is 0 Å². The van der Waals surface area contributed by atoms with Crippen LogP contribution in [0.1, 0.15) is 24.9 Å². The summed E-state index contributed by atoms with van der Waals surface area (Å²) in [6, 6.07) is 4.05. The molecule has 1 aromatic rings. The fraction of sp³-hybridized carbons (Fsp3) is 0.500. The van der Waals surface area contributed by atoms with Crippen LogP contribution in [0, 0.1) is 0 Å². The molecule has 1 aliphatic heterocycles. The zero-order valence-corrected chi connectivity index (χ0v) is 9.68. The molecule has 2 rings (SSSR count). The molecule has 1 aromatic heterocycles. The Morgan fingerprint density at radius 3 is 3.00 bits per heavy atom. The molecule has 16 heavy (non-hydrogen) atoms. The number of nitrogens with zero attached hydrogens (tertiary/aromatic N) is 2. The van der Waals surface area contributed by atoms with E-state index in [1.54, 1.807) is 11.1 Å². The van der Waals surface area contributed by atoms with Gasteiger partial charge in [-0.1, -0.05) is 6.07 Å². The number of hydrogen-bond acceptors (Lipinski definition) is 3. The topological polar surface area (TPSA) is 45.2 Å². The van der Waals surface area contributed by atoms with Gasteiger partial charge in [0.25, 0.3) is 0 Å². The van der Waals surface area contributed by atoms with Crippen LogP contribution >= 0.6 is 0 Å². The molecular formula is C12H17N3O. The summed E-state index contributed by atoms with van der Waals surface area (Å²) in [5.74, 6) is 0.191. The number of pyridine rings is 1. The lowest BCUT2D eigenvalue weighted by Crippen LogP contribution is -2.38. The van der Waals surface area contributed by atoms with Crippen molar-refractivity contribution in [3.8, 4) is 0 Å². The van der Waals surface area contributed by atoms with E-state index in [9.17, 15) is 4.79 Å². The maximum absolute atomic E-state index is 11.7. The number of nitrogens with one attached hydrogen (secondary N) is 1. The fourth-order valence-corrected chi connectivity index (χ4v) is 2.01. The molecule has 86 valence electrons. The molecule has 1 amide bonds. The average Bonchev–Trinajstić information content (AvgIpc) is 2.62. The molecule has 0 spiro atoms. The van der Waals surface area contributed by atoms with E-state index in [4.69, 9.17) is 0 Å². The number of amides is 1. The molecule has 1 N–H and O–H groups in total. The van der Waals surface area contributed by atoms with E-state index < -0.39 is 0 Å². The first-order valence-electron chi connectivity index (χ1n) is 5.59. The third kappa shape index (κ3) is 2.22. The van der Waals surface area contributed by atoms with Gasteiger partial charge in [0.15, 0.2) is 0 Å². The Hall–Kier alpha value is -1.42. The molecule has 0 aliphatic carbocycles. The highest BCUT2D eigenvalue weighted by atomic mass is 16.2. The van der Waals surface area contributed by atoms with Gasteiger partial charge in [-0.2, -0.15) is 0 Å². The number of likely N-dealkylation sites (N-methyl/N-ethyl adjacent to an activating group) is 1. The van der Waals surface area contributed by atoms with Crippen molar-refractivity contribution in [2.24, 2.45) is 0 Å². The second-order valence-electron chi connectivity index (χ2n) is 4.28. The smallest absolute Gasteiger partial charge is 0.239 e. The third-order valence-corrected chi connectivity index (χ3v) is 3.06. The summed E-state index contributed by atoms with van der Waals surface area (Å²) < 4.78 is 0. The van der Waals surface area contributed by atoms with E-state index in [1.807, 2.05) is 25.4 Å². The van der Waals surface area contributed by atoms with E-state index in [-0.39, 0.29) is 18.0 Å². The third-order valence-electron chi connectivity index (χ3n) is 3.06. The predicted molar refractivity (Wildman–Crippen MR) is 61.8 cm³/mol. The highest BCUT2D eigenvalue weighted by molar-refractivity contribution is 5.83. The van der Waals surface area contributed by atoms with E-state index in [1.165, 1.54) is 0 Å². The normalized spacial score (nSPS) is 22.5. The minimum atomic E-state index is -0.0415. The largest absolute Gasteiger partial charge is 0.344 e. The monoisotopic (exact) mass is 219 g/mol. The summed E-state index contributed by atoms with van der Waals surface area (Å²) in [4.78, 5) is 17.6. The van der Waals surface area contributed by atoms with E-state index in [0.717, 1.165) is 18.5 Å². The minimum absolute atomic E-state index is 0.0415. The molecule has 2 heterocycles. The van der Waals surface area contributed by atoms with E-state index >= 15 is 0 Å². The van der Waals surface area contributed by atoms with Gasteiger partial charge >= 0.3 is 0 Å². The molecule has 1 saturated heterocycles. The molecule has 0 saturated carbocycles. The Balaban J connectivity index is 1.98. The van der Waals surface area contributed by atoms with Crippen molar-refractivity contribution in [3.63, 3.8) is 0 Å². The van der Waals surface area contributed by atoms with Crippen LogP contribution in [0.4, 0.5) is 0 Å².